The lowest BCUT2D eigenvalue weighted by atomic mass is 10.1. The highest BCUT2D eigenvalue weighted by Crippen LogP contribution is 2.25. The molecule has 6 heteroatoms. The number of carbonyl (C=O) groups is 1. The molecule has 5 nitrogen and oxygen atoms in total. The summed E-state index contributed by atoms with van der Waals surface area (Å²) in [7, 11) is 0. The minimum Gasteiger partial charge on any atom is -0.478 e. The molecule has 0 aliphatic carbocycles. The van der Waals surface area contributed by atoms with Crippen LogP contribution in [0.3, 0.4) is 0 Å². The van der Waals surface area contributed by atoms with Crippen LogP contribution in [0.4, 0.5) is 15.8 Å². The Kier molecular flexibility index (Phi) is 3.66. The summed E-state index contributed by atoms with van der Waals surface area (Å²) in [4.78, 5) is 11.1. The van der Waals surface area contributed by atoms with Crippen molar-refractivity contribution < 1.29 is 19.0 Å². The molecule has 2 rings (SSSR count). The summed E-state index contributed by atoms with van der Waals surface area (Å²) in [5.41, 5.74) is 5.18. The maximum atomic E-state index is 13.2. The first kappa shape index (κ1) is 12.6. The fraction of sp³-hybridized carbons (Fsp3) is 0.417. The number of nitrogens with one attached hydrogen (secondary N) is 1. The number of nitrogen functional groups attached to an aromatic ring is 1. The van der Waals surface area contributed by atoms with Gasteiger partial charge >= 0.3 is 5.97 Å². The molecule has 4 N–H and O–H groups in total. The lowest BCUT2D eigenvalue weighted by Crippen LogP contribution is -2.20. The summed E-state index contributed by atoms with van der Waals surface area (Å²) in [5.74, 6) is -1.98. The van der Waals surface area contributed by atoms with E-state index in [4.69, 9.17) is 15.6 Å². The Hall–Kier alpha value is -1.82. The van der Waals surface area contributed by atoms with E-state index < -0.39 is 11.8 Å². The summed E-state index contributed by atoms with van der Waals surface area (Å²) in [6, 6.07) is 2.53. The molecule has 1 heterocycles. The number of hydrogen-bond acceptors (Lipinski definition) is 4. The van der Waals surface area contributed by atoms with E-state index in [0.717, 1.165) is 25.5 Å². The molecule has 0 radical (unpaired) electrons. The monoisotopic (exact) mass is 254 g/mol. The van der Waals surface area contributed by atoms with Gasteiger partial charge in [-0.3, -0.25) is 0 Å². The summed E-state index contributed by atoms with van der Waals surface area (Å²) in [5, 5.41) is 12.0. The molecule has 0 bridgehead atoms. The zero-order valence-electron chi connectivity index (χ0n) is 9.78. The van der Waals surface area contributed by atoms with Crippen LogP contribution in [0, 0.1) is 5.82 Å². The third-order valence-electron chi connectivity index (χ3n) is 2.95. The second-order valence-corrected chi connectivity index (χ2v) is 4.20. The minimum absolute atomic E-state index is 0.0675. The number of nitrogens with two attached hydrogens (primary N) is 1. The van der Waals surface area contributed by atoms with E-state index in [1.165, 1.54) is 6.07 Å². The fourth-order valence-corrected chi connectivity index (χ4v) is 2.00. The van der Waals surface area contributed by atoms with Crippen molar-refractivity contribution in [2.24, 2.45) is 0 Å². The molecule has 98 valence electrons. The Morgan fingerprint density at radius 3 is 3.00 bits per heavy atom. The fourth-order valence-electron chi connectivity index (χ4n) is 2.00. The minimum atomic E-state index is -1.25. The number of carboxylic acid groups (broad SMARTS) is 1. The first-order chi connectivity index (χ1) is 8.59. The molecule has 0 aromatic heterocycles. The summed E-state index contributed by atoms with van der Waals surface area (Å²) in [6.07, 6.45) is 2.01. The van der Waals surface area contributed by atoms with Gasteiger partial charge in [0.05, 0.1) is 17.5 Å². The van der Waals surface area contributed by atoms with Crippen molar-refractivity contribution in [3.8, 4) is 0 Å². The lowest BCUT2D eigenvalue weighted by molar-refractivity contribution is 0.0698. The van der Waals surface area contributed by atoms with Gasteiger partial charge < -0.3 is 20.9 Å². The molecule has 18 heavy (non-hydrogen) atoms. The Labute approximate surface area is 104 Å². The maximum Gasteiger partial charge on any atom is 0.340 e. The largest absolute Gasteiger partial charge is 0.478 e. The van der Waals surface area contributed by atoms with Crippen LogP contribution < -0.4 is 11.1 Å². The molecule has 0 saturated carbocycles. The van der Waals surface area contributed by atoms with Crippen LogP contribution >= 0.6 is 0 Å². The first-order valence-corrected chi connectivity index (χ1v) is 5.76. The van der Waals surface area contributed by atoms with E-state index in [1.807, 2.05) is 0 Å². The molecule has 1 aliphatic rings. The first-order valence-electron chi connectivity index (χ1n) is 5.76. The van der Waals surface area contributed by atoms with Crippen molar-refractivity contribution in [3.05, 3.63) is 23.5 Å². The van der Waals surface area contributed by atoms with Crippen LogP contribution in [-0.2, 0) is 4.74 Å². The van der Waals surface area contributed by atoms with Gasteiger partial charge in [0, 0.05) is 13.2 Å². The second kappa shape index (κ2) is 5.22. The molecule has 1 aromatic carbocycles. The van der Waals surface area contributed by atoms with Crippen LogP contribution in [0.2, 0.25) is 0 Å². The normalized spacial score (nSPS) is 18.8. The average molecular weight is 254 g/mol. The average Bonchev–Trinajstić information content (AvgIpc) is 2.83. The SMILES string of the molecule is Nc1c(F)ccc(NCC2CCCO2)c1C(=O)O. The van der Waals surface area contributed by atoms with Crippen molar-refractivity contribution in [2.75, 3.05) is 24.2 Å². The molecule has 1 aliphatic heterocycles. The molecule has 1 atom stereocenters. The van der Waals surface area contributed by atoms with Crippen LogP contribution in [0.25, 0.3) is 0 Å². The maximum absolute atomic E-state index is 13.2. The van der Waals surface area contributed by atoms with Gasteiger partial charge in [0.15, 0.2) is 0 Å². The number of rotatable bonds is 4. The zero-order chi connectivity index (χ0) is 13.1. The van der Waals surface area contributed by atoms with Crippen LogP contribution in [0.5, 0.6) is 0 Å². The molecular formula is C12H15FN2O3. The standard InChI is InChI=1S/C12H15FN2O3/c13-8-3-4-9(10(11(8)14)12(16)17)15-6-7-2-1-5-18-7/h3-4,7,15H,1-2,5-6,14H2,(H,16,17). The quantitative estimate of drug-likeness (QED) is 0.712. The number of anilines is 2. The van der Waals surface area contributed by atoms with E-state index in [2.05, 4.69) is 5.32 Å². The second-order valence-electron chi connectivity index (χ2n) is 4.20. The smallest absolute Gasteiger partial charge is 0.340 e. The predicted octanol–water partition coefficient (Wildman–Crippen LogP) is 1.70. The van der Waals surface area contributed by atoms with E-state index >= 15 is 0 Å². The Balaban J connectivity index is 2.16. The van der Waals surface area contributed by atoms with Crippen LogP contribution in [0.1, 0.15) is 23.2 Å². The highest BCUT2D eigenvalue weighted by molar-refractivity contribution is 6.00. The lowest BCUT2D eigenvalue weighted by Gasteiger charge is -2.15. The molecule has 0 amide bonds. The van der Waals surface area contributed by atoms with E-state index in [0.29, 0.717) is 12.2 Å². The van der Waals surface area contributed by atoms with Crippen LogP contribution in [-0.4, -0.2) is 30.3 Å². The number of benzene rings is 1. The van der Waals surface area contributed by atoms with Gasteiger partial charge in [-0.1, -0.05) is 0 Å². The Morgan fingerprint density at radius 1 is 1.61 bits per heavy atom. The summed E-state index contributed by atoms with van der Waals surface area (Å²) >= 11 is 0. The number of hydrogen-bond donors (Lipinski definition) is 3. The predicted molar refractivity (Wildman–Crippen MR) is 65.2 cm³/mol. The van der Waals surface area contributed by atoms with Gasteiger partial charge in [0.1, 0.15) is 11.4 Å². The highest BCUT2D eigenvalue weighted by atomic mass is 19.1. The van der Waals surface area contributed by atoms with E-state index in [9.17, 15) is 9.18 Å². The van der Waals surface area contributed by atoms with Crippen molar-refractivity contribution in [2.45, 2.75) is 18.9 Å². The third kappa shape index (κ3) is 2.53. The van der Waals surface area contributed by atoms with Crippen LogP contribution in [0.15, 0.2) is 12.1 Å². The summed E-state index contributed by atoms with van der Waals surface area (Å²) < 4.78 is 18.6. The van der Waals surface area contributed by atoms with Gasteiger partial charge in [0.25, 0.3) is 0 Å². The Bertz CT molecular complexity index is 459. The molecular weight excluding hydrogens is 239 g/mol. The Morgan fingerprint density at radius 2 is 2.39 bits per heavy atom. The van der Waals surface area contributed by atoms with Crippen molar-refractivity contribution in [1.29, 1.82) is 0 Å². The van der Waals surface area contributed by atoms with Crippen molar-refractivity contribution in [1.82, 2.24) is 0 Å². The number of carboxylic acids is 1. The number of halogens is 1. The number of aromatic carboxylic acids is 1. The van der Waals surface area contributed by atoms with Gasteiger partial charge in [-0.05, 0) is 25.0 Å². The van der Waals surface area contributed by atoms with E-state index in [1.54, 1.807) is 0 Å². The molecule has 1 unspecified atom stereocenters. The highest BCUT2D eigenvalue weighted by Gasteiger charge is 2.20. The van der Waals surface area contributed by atoms with Gasteiger partial charge in [-0.25, -0.2) is 9.18 Å². The van der Waals surface area contributed by atoms with Crippen molar-refractivity contribution >= 4 is 17.3 Å². The zero-order valence-corrected chi connectivity index (χ0v) is 9.78. The molecule has 0 spiro atoms. The number of ether oxygens (including phenoxy) is 1. The molecule has 1 saturated heterocycles. The molecule has 1 aromatic rings. The van der Waals surface area contributed by atoms with Crippen molar-refractivity contribution in [3.63, 3.8) is 0 Å². The molecule has 1 fully saturated rings. The third-order valence-corrected chi connectivity index (χ3v) is 2.95. The van der Waals surface area contributed by atoms with Gasteiger partial charge in [0.2, 0.25) is 0 Å². The summed E-state index contributed by atoms with van der Waals surface area (Å²) in [6.45, 7) is 1.22. The van der Waals surface area contributed by atoms with Gasteiger partial charge in [-0.2, -0.15) is 0 Å². The van der Waals surface area contributed by atoms with E-state index in [-0.39, 0.29) is 17.4 Å². The topological polar surface area (TPSA) is 84.6 Å². The van der Waals surface area contributed by atoms with Gasteiger partial charge in [-0.15, -0.1) is 0 Å².